The maximum absolute atomic E-state index is 12.0. The minimum atomic E-state index is -1.42. The number of benzene rings is 4. The minimum absolute atomic E-state index is 0.372. The third kappa shape index (κ3) is 5.05. The van der Waals surface area contributed by atoms with Gasteiger partial charge in [0.15, 0.2) is 0 Å². The molecule has 8 nitrogen and oxygen atoms in total. The highest BCUT2D eigenvalue weighted by molar-refractivity contribution is 6.09. The Morgan fingerprint density at radius 3 is 0.974 bits per heavy atom. The minimum Gasteiger partial charge on any atom is -0.478 e. The van der Waals surface area contributed by atoms with Crippen molar-refractivity contribution in [3.8, 4) is 0 Å². The van der Waals surface area contributed by atoms with Crippen molar-refractivity contribution in [2.24, 2.45) is 0 Å². The van der Waals surface area contributed by atoms with E-state index < -0.39 is 35.0 Å². The van der Waals surface area contributed by atoms with Crippen LogP contribution in [0.1, 0.15) is 63.7 Å². The normalized spacial score (nSPS) is 11.4. The molecule has 38 heavy (non-hydrogen) atoms. The van der Waals surface area contributed by atoms with Crippen LogP contribution in [0.5, 0.6) is 0 Å². The molecule has 0 bridgehead atoms. The average molecular weight is 508 g/mol. The highest BCUT2D eigenvalue weighted by atomic mass is 16.4. The van der Waals surface area contributed by atoms with Gasteiger partial charge in [0.2, 0.25) is 0 Å². The molecule has 0 aliphatic rings. The van der Waals surface area contributed by atoms with Gasteiger partial charge >= 0.3 is 23.9 Å². The summed E-state index contributed by atoms with van der Waals surface area (Å²) >= 11 is 0. The fraction of sp³-hybridized carbons (Fsp3) is 0. The van der Waals surface area contributed by atoms with Crippen LogP contribution in [0.25, 0.3) is 11.1 Å². The topological polar surface area (TPSA) is 149 Å². The molecule has 0 aliphatic carbocycles. The van der Waals surface area contributed by atoms with Crippen LogP contribution in [-0.2, 0) is 0 Å². The van der Waals surface area contributed by atoms with Crippen LogP contribution in [0.4, 0.5) is 0 Å². The van der Waals surface area contributed by atoms with Crippen LogP contribution in [-0.4, -0.2) is 44.3 Å². The van der Waals surface area contributed by atoms with Gasteiger partial charge in [0.05, 0.1) is 22.3 Å². The molecule has 4 aromatic rings. The summed E-state index contributed by atoms with van der Waals surface area (Å²) in [7, 11) is 0. The fourth-order valence-electron chi connectivity index (χ4n) is 4.25. The van der Waals surface area contributed by atoms with E-state index in [1.54, 1.807) is 60.7 Å². The van der Waals surface area contributed by atoms with Crippen LogP contribution in [0.15, 0.2) is 97.1 Å². The van der Waals surface area contributed by atoms with Gasteiger partial charge in [0.25, 0.3) is 0 Å². The van der Waals surface area contributed by atoms with E-state index in [0.29, 0.717) is 33.4 Å². The summed E-state index contributed by atoms with van der Waals surface area (Å²) in [5.41, 5.74) is 1.43. The second kappa shape index (κ2) is 10.6. The van der Waals surface area contributed by atoms with Crippen LogP contribution < -0.4 is 0 Å². The molecular formula is C30H20O8. The molecule has 0 unspecified atom stereocenters. The summed E-state index contributed by atoms with van der Waals surface area (Å²) in [5, 5.41) is 38.5. The van der Waals surface area contributed by atoms with Crippen LogP contribution in [0.3, 0.4) is 0 Å². The summed E-state index contributed by atoms with van der Waals surface area (Å²) in [6, 6.07) is 25.8. The average Bonchev–Trinajstić information content (AvgIpc) is 2.91. The zero-order chi connectivity index (χ0) is 27.4. The Morgan fingerprint density at radius 2 is 0.684 bits per heavy atom. The van der Waals surface area contributed by atoms with E-state index in [1.165, 1.54) is 36.4 Å². The van der Waals surface area contributed by atoms with Gasteiger partial charge in [-0.05, 0) is 57.7 Å². The van der Waals surface area contributed by atoms with Crippen molar-refractivity contribution in [2.75, 3.05) is 0 Å². The first-order valence-corrected chi connectivity index (χ1v) is 11.3. The molecule has 0 heterocycles. The first-order valence-electron chi connectivity index (χ1n) is 11.3. The first kappa shape index (κ1) is 25.6. The fourth-order valence-corrected chi connectivity index (χ4v) is 4.25. The van der Waals surface area contributed by atoms with Crippen molar-refractivity contribution in [1.82, 2.24) is 0 Å². The molecule has 4 aromatic carbocycles. The molecule has 0 saturated heterocycles. The molecule has 188 valence electrons. The van der Waals surface area contributed by atoms with Crippen LogP contribution in [0, 0.1) is 0 Å². The van der Waals surface area contributed by atoms with E-state index in [2.05, 4.69) is 0 Å². The molecule has 0 spiro atoms. The van der Waals surface area contributed by atoms with Crippen molar-refractivity contribution in [1.29, 1.82) is 0 Å². The van der Waals surface area contributed by atoms with E-state index in [1.807, 2.05) is 0 Å². The summed E-state index contributed by atoms with van der Waals surface area (Å²) in [6.07, 6.45) is 0. The molecule has 4 N–H and O–H groups in total. The van der Waals surface area contributed by atoms with Crippen molar-refractivity contribution in [3.63, 3.8) is 0 Å². The van der Waals surface area contributed by atoms with Crippen molar-refractivity contribution in [2.45, 2.75) is 0 Å². The van der Waals surface area contributed by atoms with Crippen LogP contribution >= 0.6 is 0 Å². The maximum Gasteiger partial charge on any atom is 0.336 e. The predicted molar refractivity (Wildman–Crippen MR) is 139 cm³/mol. The Morgan fingerprint density at radius 1 is 0.368 bits per heavy atom. The van der Waals surface area contributed by atoms with Crippen molar-refractivity contribution >= 4 is 35.0 Å². The number of aromatic carboxylic acids is 4. The summed E-state index contributed by atoms with van der Waals surface area (Å²) in [6.45, 7) is 0. The molecule has 4 rings (SSSR count). The Labute approximate surface area is 216 Å². The summed E-state index contributed by atoms with van der Waals surface area (Å²) in [5.74, 6) is -5.62. The van der Waals surface area contributed by atoms with Gasteiger partial charge in [0.1, 0.15) is 0 Å². The second-order valence-electron chi connectivity index (χ2n) is 8.22. The quantitative estimate of drug-likeness (QED) is 0.228. The Bertz CT molecular complexity index is 1480. The highest BCUT2D eigenvalue weighted by Gasteiger charge is 2.23. The van der Waals surface area contributed by atoms with Gasteiger partial charge in [-0.2, -0.15) is 0 Å². The van der Waals surface area contributed by atoms with Crippen molar-refractivity contribution < 1.29 is 39.6 Å². The monoisotopic (exact) mass is 508 g/mol. The Hall–Kier alpha value is -5.50. The Kier molecular flexibility index (Phi) is 7.16. The van der Waals surface area contributed by atoms with Gasteiger partial charge in [-0.1, -0.05) is 72.8 Å². The molecular weight excluding hydrogens is 488 g/mol. The standard InChI is InChI=1S/C30H20O8/c31-27(32)21-13-11-19(15-23(21)29(35)36)25(17-7-3-1-4-8-17)26(18-9-5-2-6-10-18)20-12-14-22(28(33)34)24(16-20)30(37)38/h1-16H,(H,31,32)(H,33,34)(H,35,36)(H,37,38). The number of carboxylic acid groups (broad SMARTS) is 4. The first-order chi connectivity index (χ1) is 18.2. The third-order valence-electron chi connectivity index (χ3n) is 5.91. The second-order valence-corrected chi connectivity index (χ2v) is 8.22. The molecule has 0 atom stereocenters. The van der Waals surface area contributed by atoms with Crippen molar-refractivity contribution in [3.05, 3.63) is 142 Å². The number of hydrogen-bond donors (Lipinski definition) is 4. The highest BCUT2D eigenvalue weighted by Crippen LogP contribution is 2.38. The smallest absolute Gasteiger partial charge is 0.336 e. The zero-order valence-corrected chi connectivity index (χ0v) is 19.7. The van der Waals surface area contributed by atoms with Gasteiger partial charge in [-0.3, -0.25) is 0 Å². The lowest BCUT2D eigenvalue weighted by Crippen LogP contribution is -2.10. The molecule has 0 amide bonds. The van der Waals surface area contributed by atoms with Gasteiger partial charge in [0, 0.05) is 0 Å². The predicted octanol–water partition coefficient (Wildman–Crippen LogP) is 5.49. The lowest BCUT2D eigenvalue weighted by Gasteiger charge is -2.19. The number of rotatable bonds is 8. The van der Waals surface area contributed by atoms with Gasteiger partial charge in [-0.25, -0.2) is 19.2 Å². The lowest BCUT2D eigenvalue weighted by atomic mass is 9.84. The number of hydrogen-bond acceptors (Lipinski definition) is 4. The van der Waals surface area contributed by atoms with E-state index in [4.69, 9.17) is 0 Å². The summed E-state index contributed by atoms with van der Waals surface area (Å²) in [4.78, 5) is 47.3. The molecule has 8 heteroatoms. The molecule has 0 radical (unpaired) electrons. The summed E-state index contributed by atoms with van der Waals surface area (Å²) < 4.78 is 0. The molecule has 0 saturated carbocycles. The Balaban J connectivity index is 2.17. The molecule has 0 fully saturated rings. The zero-order valence-electron chi connectivity index (χ0n) is 19.7. The van der Waals surface area contributed by atoms with E-state index in [-0.39, 0.29) is 11.1 Å². The van der Waals surface area contributed by atoms with Crippen LogP contribution in [0.2, 0.25) is 0 Å². The third-order valence-corrected chi connectivity index (χ3v) is 5.91. The SMILES string of the molecule is O=C(O)c1ccc(C(=C(c2ccccc2)c2ccc(C(=O)O)c(C(=O)O)c2)c2ccccc2)cc1C(=O)O. The largest absolute Gasteiger partial charge is 0.478 e. The molecule has 0 aromatic heterocycles. The maximum atomic E-state index is 12.0. The van der Waals surface area contributed by atoms with E-state index >= 15 is 0 Å². The lowest BCUT2D eigenvalue weighted by molar-refractivity contribution is 0.0651. The van der Waals surface area contributed by atoms with Gasteiger partial charge < -0.3 is 20.4 Å². The van der Waals surface area contributed by atoms with E-state index in [9.17, 15) is 39.6 Å². The number of carboxylic acids is 4. The number of carbonyl (C=O) groups is 4. The van der Waals surface area contributed by atoms with E-state index in [0.717, 1.165) is 0 Å². The van der Waals surface area contributed by atoms with Gasteiger partial charge in [-0.15, -0.1) is 0 Å². The molecule has 0 aliphatic heterocycles.